The fourth-order valence-corrected chi connectivity index (χ4v) is 5.67. The number of carbonyl (C=O) groups is 2. The van der Waals surface area contributed by atoms with E-state index in [0.29, 0.717) is 15.8 Å². The van der Waals surface area contributed by atoms with Crippen molar-refractivity contribution >= 4 is 43.9 Å². The van der Waals surface area contributed by atoms with Crippen LogP contribution in [0, 0.1) is 0 Å². The van der Waals surface area contributed by atoms with E-state index in [4.69, 9.17) is 9.47 Å². The van der Waals surface area contributed by atoms with Crippen LogP contribution in [0.5, 0.6) is 5.75 Å². The van der Waals surface area contributed by atoms with Gasteiger partial charge in [-0.05, 0) is 55.9 Å². The molecule has 1 aliphatic carbocycles. The molecular formula is C25H21Br2NO5. The number of carboxylic acid groups (broad SMARTS) is 1. The van der Waals surface area contributed by atoms with E-state index in [-0.39, 0.29) is 18.9 Å². The van der Waals surface area contributed by atoms with Crippen molar-refractivity contribution in [1.29, 1.82) is 0 Å². The minimum atomic E-state index is -1.18. The van der Waals surface area contributed by atoms with Gasteiger partial charge in [-0.3, -0.25) is 0 Å². The van der Waals surface area contributed by atoms with E-state index >= 15 is 0 Å². The topological polar surface area (TPSA) is 84.9 Å². The molecule has 6 nitrogen and oxygen atoms in total. The van der Waals surface area contributed by atoms with Crippen molar-refractivity contribution in [2.75, 3.05) is 13.7 Å². The normalized spacial score (nSPS) is 13.1. The number of halogens is 2. The number of fused-ring (bicyclic) bond motifs is 3. The molecule has 8 heteroatoms. The minimum absolute atomic E-state index is 0.0285. The summed E-state index contributed by atoms with van der Waals surface area (Å²) >= 11 is 6.81. The number of carboxylic acids is 1. The van der Waals surface area contributed by atoms with Crippen LogP contribution in [-0.2, 0) is 16.0 Å². The average Bonchev–Trinajstić information content (AvgIpc) is 3.11. The second-order valence-electron chi connectivity index (χ2n) is 7.64. The maximum absolute atomic E-state index is 12.6. The molecule has 0 fully saturated rings. The summed E-state index contributed by atoms with van der Waals surface area (Å²) in [6.07, 6.45) is -0.752. The number of hydrogen-bond acceptors (Lipinski definition) is 4. The highest BCUT2D eigenvalue weighted by Crippen LogP contribution is 2.44. The van der Waals surface area contributed by atoms with Crippen LogP contribution in [0.25, 0.3) is 11.1 Å². The van der Waals surface area contributed by atoms with Gasteiger partial charge >= 0.3 is 12.1 Å². The van der Waals surface area contributed by atoms with E-state index in [2.05, 4.69) is 49.3 Å². The van der Waals surface area contributed by atoms with Crippen LogP contribution in [0.1, 0.15) is 22.6 Å². The highest BCUT2D eigenvalue weighted by Gasteiger charge is 2.30. The maximum Gasteiger partial charge on any atom is 0.407 e. The Morgan fingerprint density at radius 2 is 1.64 bits per heavy atom. The lowest BCUT2D eigenvalue weighted by atomic mass is 9.98. The number of alkyl carbamates (subject to hydrolysis) is 1. The first-order valence-electron chi connectivity index (χ1n) is 10.2. The van der Waals surface area contributed by atoms with Crippen molar-refractivity contribution in [2.24, 2.45) is 0 Å². The molecule has 3 aromatic carbocycles. The van der Waals surface area contributed by atoms with Crippen LogP contribution in [0.15, 0.2) is 69.6 Å². The van der Waals surface area contributed by atoms with Gasteiger partial charge in [0.1, 0.15) is 18.4 Å². The third-order valence-electron chi connectivity index (χ3n) is 5.65. The Morgan fingerprint density at radius 1 is 1.03 bits per heavy atom. The summed E-state index contributed by atoms with van der Waals surface area (Å²) in [5.74, 6) is -0.756. The molecule has 2 N–H and O–H groups in total. The third-order valence-corrected chi connectivity index (χ3v) is 6.69. The number of rotatable bonds is 7. The Balaban J connectivity index is 1.47. The summed E-state index contributed by atoms with van der Waals surface area (Å²) in [6, 6.07) is 18.4. The summed E-state index contributed by atoms with van der Waals surface area (Å²) in [5.41, 5.74) is 5.05. The lowest BCUT2D eigenvalue weighted by Gasteiger charge is -2.19. The molecule has 0 aliphatic heterocycles. The molecule has 0 saturated carbocycles. The number of methoxy groups -OCH3 is 1. The summed E-state index contributed by atoms with van der Waals surface area (Å²) in [5, 5.41) is 12.2. The standard InChI is InChI=1S/C25H21Br2NO5/c1-32-23-14(10-15(26)12-21(23)27)11-22(24(29)30)28-25(31)33-13-20-18-8-4-2-6-16(18)17-7-3-5-9-19(17)20/h2-10,12,20,22H,11,13H2,1H3,(H,28,31)(H,29,30). The lowest BCUT2D eigenvalue weighted by Crippen LogP contribution is -2.43. The number of ether oxygens (including phenoxy) is 2. The summed E-state index contributed by atoms with van der Waals surface area (Å²) in [6.45, 7) is 0.109. The molecule has 1 aliphatic rings. The average molecular weight is 575 g/mol. The van der Waals surface area contributed by atoms with E-state index in [1.807, 2.05) is 36.4 Å². The second kappa shape index (κ2) is 9.97. The zero-order valence-electron chi connectivity index (χ0n) is 17.7. The van der Waals surface area contributed by atoms with E-state index in [1.54, 1.807) is 12.1 Å². The first-order chi connectivity index (χ1) is 15.9. The second-order valence-corrected chi connectivity index (χ2v) is 9.41. The lowest BCUT2D eigenvalue weighted by molar-refractivity contribution is -0.139. The van der Waals surface area contributed by atoms with Crippen molar-refractivity contribution in [3.05, 3.63) is 86.3 Å². The van der Waals surface area contributed by atoms with Gasteiger partial charge in [-0.2, -0.15) is 0 Å². The van der Waals surface area contributed by atoms with Crippen molar-refractivity contribution in [3.63, 3.8) is 0 Å². The molecule has 4 rings (SSSR count). The summed E-state index contributed by atoms with van der Waals surface area (Å²) < 4.78 is 12.3. The van der Waals surface area contributed by atoms with Gasteiger partial charge in [-0.25, -0.2) is 9.59 Å². The quantitative estimate of drug-likeness (QED) is 0.375. The molecule has 1 atom stereocenters. The van der Waals surface area contributed by atoms with Crippen LogP contribution < -0.4 is 10.1 Å². The predicted molar refractivity (Wildman–Crippen MR) is 132 cm³/mol. The number of benzene rings is 3. The number of aliphatic carboxylic acids is 1. The molecule has 0 radical (unpaired) electrons. The highest BCUT2D eigenvalue weighted by molar-refractivity contribution is 9.11. The first kappa shape index (κ1) is 23.3. The largest absolute Gasteiger partial charge is 0.495 e. The Morgan fingerprint density at radius 3 is 2.21 bits per heavy atom. The molecule has 3 aromatic rings. The van der Waals surface area contributed by atoms with Gasteiger partial charge in [-0.1, -0.05) is 64.5 Å². The molecule has 1 amide bonds. The van der Waals surface area contributed by atoms with Crippen LogP contribution >= 0.6 is 31.9 Å². The molecule has 0 spiro atoms. The maximum atomic E-state index is 12.6. The predicted octanol–water partition coefficient (Wildman–Crippen LogP) is 5.75. The van der Waals surface area contributed by atoms with Crippen LogP contribution in [0.2, 0.25) is 0 Å². The van der Waals surface area contributed by atoms with Crippen molar-refractivity contribution in [1.82, 2.24) is 5.32 Å². The Labute approximate surface area is 208 Å². The van der Waals surface area contributed by atoms with Gasteiger partial charge < -0.3 is 19.9 Å². The van der Waals surface area contributed by atoms with E-state index in [1.165, 1.54) is 7.11 Å². The van der Waals surface area contributed by atoms with Gasteiger partial charge in [0.25, 0.3) is 0 Å². The molecule has 0 saturated heterocycles. The van der Waals surface area contributed by atoms with E-state index < -0.39 is 18.1 Å². The first-order valence-corrected chi connectivity index (χ1v) is 11.8. The van der Waals surface area contributed by atoms with E-state index in [0.717, 1.165) is 26.7 Å². The number of nitrogens with one attached hydrogen (secondary N) is 1. The zero-order valence-corrected chi connectivity index (χ0v) is 20.9. The molecule has 1 unspecified atom stereocenters. The Kier molecular flexibility index (Phi) is 7.05. The van der Waals surface area contributed by atoms with Crippen LogP contribution in [0.4, 0.5) is 4.79 Å². The molecule has 0 aromatic heterocycles. The molecule has 0 bridgehead atoms. The van der Waals surface area contributed by atoms with Crippen LogP contribution in [-0.4, -0.2) is 36.9 Å². The SMILES string of the molecule is COc1c(Br)cc(Br)cc1CC(NC(=O)OCC1c2ccccc2-c2ccccc21)C(=O)O. The third kappa shape index (κ3) is 4.91. The molecule has 0 heterocycles. The molecular weight excluding hydrogens is 554 g/mol. The molecule has 33 heavy (non-hydrogen) atoms. The zero-order chi connectivity index (χ0) is 23.5. The van der Waals surface area contributed by atoms with Crippen molar-refractivity contribution in [2.45, 2.75) is 18.4 Å². The van der Waals surface area contributed by atoms with Gasteiger partial charge in [0.2, 0.25) is 0 Å². The van der Waals surface area contributed by atoms with Crippen molar-refractivity contribution in [3.8, 4) is 16.9 Å². The smallest absolute Gasteiger partial charge is 0.407 e. The molecule has 170 valence electrons. The summed E-state index contributed by atoms with van der Waals surface area (Å²) in [7, 11) is 1.51. The Hall–Kier alpha value is -2.84. The van der Waals surface area contributed by atoms with E-state index in [9.17, 15) is 14.7 Å². The summed E-state index contributed by atoms with van der Waals surface area (Å²) in [4.78, 5) is 24.4. The van der Waals surface area contributed by atoms with Gasteiger partial charge in [0, 0.05) is 16.8 Å². The Bertz CT molecular complexity index is 1170. The number of amides is 1. The fraction of sp³-hybridized carbons (Fsp3) is 0.200. The number of carbonyl (C=O) groups excluding carboxylic acids is 1. The monoisotopic (exact) mass is 573 g/mol. The minimum Gasteiger partial charge on any atom is -0.495 e. The van der Waals surface area contributed by atoms with Crippen LogP contribution in [0.3, 0.4) is 0 Å². The highest BCUT2D eigenvalue weighted by atomic mass is 79.9. The van der Waals surface area contributed by atoms with Crippen molar-refractivity contribution < 1.29 is 24.2 Å². The fourth-order valence-electron chi connectivity index (χ4n) is 4.20. The van der Waals surface area contributed by atoms with Gasteiger partial charge in [0.15, 0.2) is 0 Å². The van der Waals surface area contributed by atoms with Gasteiger partial charge in [-0.15, -0.1) is 0 Å². The van der Waals surface area contributed by atoms with Gasteiger partial charge in [0.05, 0.1) is 11.6 Å². The number of hydrogen-bond donors (Lipinski definition) is 2.